The Morgan fingerprint density at radius 3 is 0.726 bits per heavy atom. The van der Waals surface area contributed by atoms with Crippen molar-refractivity contribution in [3.05, 3.63) is 33.9 Å². The first kappa shape index (κ1) is 97.9. The van der Waals surface area contributed by atoms with E-state index in [1.54, 1.807) is 30.3 Å². The smallest absolute Gasteiger partial charge is 0.00878 e. The van der Waals surface area contributed by atoms with Crippen LogP contribution in [0, 0.1) is 155 Å². The number of nitrogens with zero attached hydrogens (tertiary/aromatic N) is 6. The number of halogens is 6. The molecule has 372 valence electrons. The van der Waals surface area contributed by atoms with E-state index >= 15 is 0 Å². The first-order valence-corrected chi connectivity index (χ1v) is 60.1. The van der Waals surface area contributed by atoms with Gasteiger partial charge < -0.3 is 35.8 Å². The maximum Gasteiger partial charge on any atom is 0.00878 e. The maximum atomic E-state index is 7.32. The van der Waals surface area contributed by atoms with Gasteiger partial charge in [-0.3, -0.25) is 0 Å². The van der Waals surface area contributed by atoms with Crippen molar-refractivity contribution in [2.45, 2.75) is 161 Å². The van der Waals surface area contributed by atoms with Gasteiger partial charge in [0.05, 0.1) is 36.5 Å². The van der Waals surface area contributed by atoms with Gasteiger partial charge in [-0.1, -0.05) is 61.8 Å². The molecule has 0 aromatic carbocycles. The quantitative estimate of drug-likeness (QED) is 0.208. The van der Waals surface area contributed by atoms with Crippen molar-refractivity contribution in [2.24, 2.45) is 0 Å². The molecule has 0 bridgehead atoms. The Kier molecular flexibility index (Phi) is 189. The van der Waals surface area contributed by atoms with Gasteiger partial charge in [-0.05, 0) is 32.6 Å². The summed E-state index contributed by atoms with van der Waals surface area (Å²) in [6, 6.07) is 8.75. The maximum absolute atomic E-state index is 7.32. The van der Waals surface area contributed by atoms with Crippen LogP contribution in [-0.4, -0.2) is 52.4 Å². The average Bonchev–Trinajstić information content (AvgIpc) is 4.04. The van der Waals surface area contributed by atoms with Crippen LogP contribution in [0.25, 0.3) is 0 Å². The molecular weight excluding hydrogens is 1440 g/mol. The summed E-state index contributed by atoms with van der Waals surface area (Å²) >= 11 is -2.44. The minimum Gasteiger partial charge on any atom is -0.552 e. The van der Waals surface area contributed by atoms with Crippen molar-refractivity contribution in [1.29, 1.82) is 31.6 Å². The van der Waals surface area contributed by atoms with Crippen LogP contribution in [0.2, 0.25) is 0 Å². The summed E-state index contributed by atoms with van der Waals surface area (Å²) in [4.78, 5) is 0. The second kappa shape index (κ2) is 120. The Morgan fingerprint density at radius 1 is 0.468 bits per heavy atom. The van der Waals surface area contributed by atoms with Gasteiger partial charge in [0.25, 0.3) is 0 Å². The third-order valence-corrected chi connectivity index (χ3v) is 4.79. The van der Waals surface area contributed by atoms with Gasteiger partial charge in [0.15, 0.2) is 0 Å². The van der Waals surface area contributed by atoms with E-state index in [1.165, 1.54) is 86.0 Å². The summed E-state index contributed by atoms with van der Waals surface area (Å²) < 4.78 is 29.4. The number of hydrogen-bond donors (Lipinski definition) is 0. The number of nitriles is 6. The number of ether oxygens (including phenoxy) is 6. The second-order valence-corrected chi connectivity index (χ2v) is 93.2. The molecule has 0 aromatic rings. The molecule has 6 saturated heterocycles. The molecule has 1 unspecified atom stereocenters. The van der Waals surface area contributed by atoms with Crippen LogP contribution in [0.1, 0.15) is 155 Å². The molecule has 0 amide bonds. The van der Waals surface area contributed by atoms with Gasteiger partial charge in [0, 0.05) is 87.4 Å². The minimum absolute atomic E-state index is 0. The number of hydrogen-bond acceptors (Lipinski definition) is 12. The van der Waals surface area contributed by atoms with E-state index in [2.05, 4.69) is 66.3 Å². The molecule has 6 aliphatic heterocycles. The fourth-order valence-corrected chi connectivity index (χ4v) is 2.92. The van der Waals surface area contributed by atoms with Gasteiger partial charge in [-0.25, -0.2) is 31.7 Å². The Bertz CT molecular complexity index is 708. The molecule has 0 aromatic heterocycles. The summed E-state index contributed by atoms with van der Waals surface area (Å²) in [7, 11) is 19.9. The molecule has 0 radical (unpaired) electrons. The van der Waals surface area contributed by atoms with Crippen LogP contribution < -0.4 is 0 Å². The molecule has 6 aliphatic rings. The Morgan fingerprint density at radius 2 is 0.677 bits per heavy atom. The van der Waals surface area contributed by atoms with Crippen molar-refractivity contribution in [2.75, 3.05) is 46.2 Å². The normalized spacial score (nSPS) is 14.7. The topological polar surface area (TPSA) is 198 Å². The molecule has 0 aliphatic carbocycles. The van der Waals surface area contributed by atoms with Gasteiger partial charge in [0.2, 0.25) is 0 Å². The predicted molar refractivity (Wildman–Crippen MR) is 277 cm³/mol. The van der Waals surface area contributed by atoms with Crippen molar-refractivity contribution in [3.8, 4) is 36.9 Å². The summed E-state index contributed by atoms with van der Waals surface area (Å²) in [5.74, 6) is 0. The molecule has 0 N–H and O–H groups in total. The monoisotopic (exact) mass is 1520 g/mol. The van der Waals surface area contributed by atoms with Crippen LogP contribution in [-0.2, 0) is 28.4 Å². The molecule has 0 saturated carbocycles. The molecular formula is C42H83Br6Ce2N6O6-5. The van der Waals surface area contributed by atoms with E-state index in [4.69, 9.17) is 60.0 Å². The van der Waals surface area contributed by atoms with Gasteiger partial charge in [-0.15, -0.1) is 0 Å². The molecule has 6 heterocycles. The van der Waals surface area contributed by atoms with Gasteiger partial charge >= 0.3 is 105 Å². The largest absolute Gasteiger partial charge is 0.552 e. The van der Waals surface area contributed by atoms with E-state index in [0.29, 0.717) is 6.10 Å². The van der Waals surface area contributed by atoms with E-state index in [-0.39, 0.29) is 29.7 Å². The average molecular weight is 1530 g/mol. The predicted octanol–water partition coefficient (Wildman–Crippen LogP) is 17.1. The molecule has 0 spiro atoms. The van der Waals surface area contributed by atoms with Gasteiger partial charge in [-0.2, -0.15) is 52.0 Å². The van der Waals surface area contributed by atoms with Crippen LogP contribution in [0.15, 0.2) is 0 Å². The minimum atomic E-state index is -1.22. The Balaban J connectivity index is -0.0000000380. The molecule has 12 nitrogen and oxygen atoms in total. The fraction of sp³-hybridized carbons (Fsp3) is 0.738. The van der Waals surface area contributed by atoms with Crippen molar-refractivity contribution >= 4 is 52.8 Å². The Labute approximate surface area is 435 Å². The third-order valence-electron chi connectivity index (χ3n) is 4.79. The fourth-order valence-electron chi connectivity index (χ4n) is 2.92. The summed E-state index contributed by atoms with van der Waals surface area (Å²) in [5, 5.41) is 43.1. The first-order chi connectivity index (χ1) is 27.9. The van der Waals surface area contributed by atoms with Crippen molar-refractivity contribution in [3.63, 3.8) is 0 Å². The summed E-state index contributed by atoms with van der Waals surface area (Å²) in [6.45, 7) is 31.0. The van der Waals surface area contributed by atoms with Crippen LogP contribution in [0.4, 0.5) is 0 Å². The zero-order chi connectivity index (χ0) is 46.8. The SMILES string of the molecule is C.C.C.C#N.C1CCOC1.CC.CC#N.CC#N.CC#N.CC#N.CC#N.CC1CCCO1.[Br][Ce]([Br])[Br].[Br][Ce]([Br])[Br].[CH-]1CCCO1.[CH-]1CCCO1.[CH-]1CCCO1.[CH-]1CCCO1.[CH3-]. The molecule has 6 fully saturated rings. The van der Waals surface area contributed by atoms with Crippen LogP contribution >= 0.6 is 52.8 Å². The number of rotatable bonds is 0. The van der Waals surface area contributed by atoms with E-state index in [0.717, 1.165) is 71.9 Å². The van der Waals surface area contributed by atoms with Crippen LogP contribution in [0.3, 0.4) is 0 Å². The van der Waals surface area contributed by atoms with E-state index in [1.807, 2.05) is 40.3 Å². The molecule has 20 heteroatoms. The third kappa shape index (κ3) is 199. The Hall–Kier alpha value is 2.33. The van der Waals surface area contributed by atoms with Crippen molar-refractivity contribution < 1.29 is 80.6 Å². The molecule has 1 atom stereocenters. The first-order valence-electron chi connectivity index (χ1n) is 18.3. The standard InChI is InChI=1S/C5H10O.C4H8O.4C4H7O.5C2H3N.C2H6.CHN.3CH4.CH3.6BrH.2Ce/c1-5-3-2-4-6-5;5*1-2-4-5-3-1;5*1-2-3;2*1-2;;;;;;;;;;;;/h5H,2-4H2,1H3;1-4H2;4*3H,1-2,4H2;5*1H3;1-2H3;1H;3*1H4;1H3;6*1H;;/q;;4*-1;;;;;;;;;;;-1;;;;;;;2*+3/p-6. The zero-order valence-corrected chi connectivity index (χ0v) is 52.6. The van der Waals surface area contributed by atoms with Crippen LogP contribution in [0.5, 0.6) is 0 Å². The van der Waals surface area contributed by atoms with E-state index in [9.17, 15) is 0 Å². The van der Waals surface area contributed by atoms with E-state index < -0.39 is 52.2 Å². The summed E-state index contributed by atoms with van der Waals surface area (Å²) in [6.07, 6.45) is 15.1. The zero-order valence-electron chi connectivity index (χ0n) is 36.8. The van der Waals surface area contributed by atoms with Crippen molar-refractivity contribution in [1.82, 2.24) is 0 Å². The molecule has 6 rings (SSSR count). The molecule has 62 heavy (non-hydrogen) atoms. The summed E-state index contributed by atoms with van der Waals surface area (Å²) in [5.41, 5.74) is 0. The van der Waals surface area contributed by atoms with Gasteiger partial charge in [0.1, 0.15) is 0 Å². The second-order valence-electron chi connectivity index (χ2n) is 9.41.